The fraction of sp³-hybridized carbons (Fsp3) is 0.250. The van der Waals surface area contributed by atoms with Crippen LogP contribution in [0.4, 0.5) is 5.82 Å². The summed E-state index contributed by atoms with van der Waals surface area (Å²) in [6.45, 7) is 1.94. The molecule has 1 aromatic carbocycles. The number of aromatic nitrogens is 3. The Morgan fingerprint density at radius 2 is 2.14 bits per heavy atom. The van der Waals surface area contributed by atoms with Gasteiger partial charge in [-0.25, -0.2) is 9.97 Å². The maximum Gasteiger partial charge on any atom is 0.128 e. The summed E-state index contributed by atoms with van der Waals surface area (Å²) in [6, 6.07) is 10.4. The van der Waals surface area contributed by atoms with Crippen LogP contribution in [0.5, 0.6) is 0 Å². The highest BCUT2D eigenvalue weighted by Gasteiger charge is 2.04. The minimum absolute atomic E-state index is 0.965. The average molecular weight is 345 g/mol. The molecule has 0 amide bonds. The van der Waals surface area contributed by atoms with Crippen LogP contribution in [-0.4, -0.2) is 28.1 Å². The SMILES string of the molecule is CN(CCCn1ccnc1)c1ccc2cc(Br)ccc2n1. The zero-order chi connectivity index (χ0) is 14.7. The summed E-state index contributed by atoms with van der Waals surface area (Å²) in [6.07, 6.45) is 6.72. The zero-order valence-electron chi connectivity index (χ0n) is 11.9. The van der Waals surface area contributed by atoms with Crippen molar-refractivity contribution in [2.75, 3.05) is 18.5 Å². The number of halogens is 1. The quantitative estimate of drug-likeness (QED) is 0.707. The van der Waals surface area contributed by atoms with E-state index in [9.17, 15) is 0 Å². The molecule has 0 saturated heterocycles. The molecule has 2 aromatic heterocycles. The summed E-state index contributed by atoms with van der Waals surface area (Å²) in [7, 11) is 2.08. The van der Waals surface area contributed by atoms with Gasteiger partial charge in [0, 0.05) is 42.4 Å². The third kappa shape index (κ3) is 3.42. The summed E-state index contributed by atoms with van der Waals surface area (Å²) < 4.78 is 3.18. The molecule has 0 aliphatic carbocycles. The van der Waals surface area contributed by atoms with Crippen molar-refractivity contribution >= 4 is 32.7 Å². The third-order valence-electron chi connectivity index (χ3n) is 3.50. The summed E-state index contributed by atoms with van der Waals surface area (Å²) in [5.74, 6) is 1.01. The van der Waals surface area contributed by atoms with E-state index in [1.165, 1.54) is 0 Å². The van der Waals surface area contributed by atoms with Crippen LogP contribution in [0, 0.1) is 0 Å². The van der Waals surface area contributed by atoms with E-state index in [4.69, 9.17) is 4.98 Å². The molecule has 0 aliphatic rings. The van der Waals surface area contributed by atoms with Gasteiger partial charge in [-0.3, -0.25) is 0 Å². The molecule has 0 saturated carbocycles. The molecule has 0 atom stereocenters. The second-order valence-electron chi connectivity index (χ2n) is 5.08. The minimum atomic E-state index is 0.965. The van der Waals surface area contributed by atoms with Crippen molar-refractivity contribution in [2.45, 2.75) is 13.0 Å². The Labute approximate surface area is 132 Å². The molecule has 4 nitrogen and oxygen atoms in total. The molecule has 0 fully saturated rings. The van der Waals surface area contributed by atoms with Crippen LogP contribution in [0.25, 0.3) is 10.9 Å². The van der Waals surface area contributed by atoms with E-state index in [0.717, 1.165) is 40.7 Å². The number of pyridine rings is 1. The Kier molecular flexibility index (Phi) is 4.20. The molecule has 0 radical (unpaired) electrons. The van der Waals surface area contributed by atoms with Gasteiger partial charge in [-0.1, -0.05) is 15.9 Å². The van der Waals surface area contributed by atoms with Crippen molar-refractivity contribution in [1.82, 2.24) is 14.5 Å². The number of anilines is 1. The Balaban J connectivity index is 1.66. The number of benzene rings is 1. The molecule has 0 spiro atoms. The van der Waals surface area contributed by atoms with Crippen LogP contribution in [0.2, 0.25) is 0 Å². The standard InChI is InChI=1S/C16H17BrN4/c1-20(8-2-9-21-10-7-18-12-21)16-6-3-13-11-14(17)4-5-15(13)19-16/h3-7,10-12H,2,8-9H2,1H3. The van der Waals surface area contributed by atoms with Crippen molar-refractivity contribution in [1.29, 1.82) is 0 Å². The van der Waals surface area contributed by atoms with Gasteiger partial charge in [0.2, 0.25) is 0 Å². The average Bonchev–Trinajstić information content (AvgIpc) is 3.00. The van der Waals surface area contributed by atoms with Crippen molar-refractivity contribution in [3.63, 3.8) is 0 Å². The highest BCUT2D eigenvalue weighted by Crippen LogP contribution is 2.21. The van der Waals surface area contributed by atoms with Gasteiger partial charge < -0.3 is 9.47 Å². The summed E-state index contributed by atoms with van der Waals surface area (Å²) in [5, 5.41) is 1.15. The lowest BCUT2D eigenvalue weighted by Gasteiger charge is -2.18. The van der Waals surface area contributed by atoms with E-state index in [1.807, 2.05) is 30.9 Å². The van der Waals surface area contributed by atoms with E-state index >= 15 is 0 Å². The van der Waals surface area contributed by atoms with Crippen molar-refractivity contribution in [3.05, 3.63) is 53.5 Å². The van der Waals surface area contributed by atoms with Gasteiger partial charge in [0.15, 0.2) is 0 Å². The number of hydrogen-bond donors (Lipinski definition) is 0. The molecule has 108 valence electrons. The fourth-order valence-corrected chi connectivity index (χ4v) is 2.70. The molecule has 0 bridgehead atoms. The smallest absolute Gasteiger partial charge is 0.128 e. The zero-order valence-corrected chi connectivity index (χ0v) is 13.5. The van der Waals surface area contributed by atoms with Crippen LogP contribution in [0.1, 0.15) is 6.42 Å². The first-order chi connectivity index (χ1) is 10.2. The topological polar surface area (TPSA) is 34.0 Å². The van der Waals surface area contributed by atoms with Gasteiger partial charge in [0.05, 0.1) is 11.8 Å². The number of imidazole rings is 1. The van der Waals surface area contributed by atoms with Crippen molar-refractivity contribution in [3.8, 4) is 0 Å². The fourth-order valence-electron chi connectivity index (χ4n) is 2.32. The number of rotatable bonds is 5. The predicted octanol–water partition coefficient (Wildman–Crippen LogP) is 3.72. The van der Waals surface area contributed by atoms with E-state index in [2.05, 4.69) is 55.6 Å². The van der Waals surface area contributed by atoms with Crippen LogP contribution in [-0.2, 0) is 6.54 Å². The summed E-state index contributed by atoms with van der Waals surface area (Å²) >= 11 is 3.49. The van der Waals surface area contributed by atoms with Crippen LogP contribution in [0.15, 0.2) is 53.5 Å². The second kappa shape index (κ2) is 6.26. The summed E-state index contributed by atoms with van der Waals surface area (Å²) in [5.41, 5.74) is 1.03. The number of aryl methyl sites for hydroxylation is 1. The highest BCUT2D eigenvalue weighted by molar-refractivity contribution is 9.10. The molecule has 21 heavy (non-hydrogen) atoms. The number of nitrogens with zero attached hydrogens (tertiary/aromatic N) is 4. The lowest BCUT2D eigenvalue weighted by molar-refractivity contribution is 0.636. The first-order valence-corrected chi connectivity index (χ1v) is 7.75. The van der Waals surface area contributed by atoms with E-state index < -0.39 is 0 Å². The van der Waals surface area contributed by atoms with Crippen LogP contribution in [0.3, 0.4) is 0 Å². The number of hydrogen-bond acceptors (Lipinski definition) is 3. The molecule has 0 unspecified atom stereocenters. The van der Waals surface area contributed by atoms with E-state index in [1.54, 1.807) is 0 Å². The van der Waals surface area contributed by atoms with E-state index in [0.29, 0.717) is 0 Å². The molecule has 5 heteroatoms. The van der Waals surface area contributed by atoms with Gasteiger partial charge in [-0.15, -0.1) is 0 Å². The van der Waals surface area contributed by atoms with Crippen LogP contribution < -0.4 is 4.90 Å². The van der Waals surface area contributed by atoms with Crippen LogP contribution >= 0.6 is 15.9 Å². The maximum absolute atomic E-state index is 4.72. The normalized spacial score (nSPS) is 11.0. The minimum Gasteiger partial charge on any atom is -0.360 e. The molecule has 0 N–H and O–H groups in total. The van der Waals surface area contributed by atoms with Gasteiger partial charge >= 0.3 is 0 Å². The Morgan fingerprint density at radius 1 is 1.24 bits per heavy atom. The molecular weight excluding hydrogens is 328 g/mol. The van der Waals surface area contributed by atoms with E-state index in [-0.39, 0.29) is 0 Å². The maximum atomic E-state index is 4.72. The Morgan fingerprint density at radius 3 is 2.95 bits per heavy atom. The van der Waals surface area contributed by atoms with Gasteiger partial charge in [-0.05, 0) is 36.8 Å². The first kappa shape index (κ1) is 14.1. The predicted molar refractivity (Wildman–Crippen MR) is 89.6 cm³/mol. The van der Waals surface area contributed by atoms with Gasteiger partial charge in [0.1, 0.15) is 5.82 Å². The molecule has 3 aromatic rings. The Hall–Kier alpha value is -1.88. The third-order valence-corrected chi connectivity index (χ3v) is 3.99. The Bertz CT molecular complexity index is 724. The molecule has 3 rings (SSSR count). The van der Waals surface area contributed by atoms with Crippen molar-refractivity contribution in [2.24, 2.45) is 0 Å². The second-order valence-corrected chi connectivity index (χ2v) is 6.00. The monoisotopic (exact) mass is 344 g/mol. The number of fused-ring (bicyclic) bond motifs is 1. The molecule has 0 aliphatic heterocycles. The van der Waals surface area contributed by atoms with Gasteiger partial charge in [-0.2, -0.15) is 0 Å². The lowest BCUT2D eigenvalue weighted by atomic mass is 10.2. The van der Waals surface area contributed by atoms with Gasteiger partial charge in [0.25, 0.3) is 0 Å². The first-order valence-electron chi connectivity index (χ1n) is 6.95. The van der Waals surface area contributed by atoms with Crippen molar-refractivity contribution < 1.29 is 0 Å². The summed E-state index contributed by atoms with van der Waals surface area (Å²) in [4.78, 5) is 11.0. The largest absolute Gasteiger partial charge is 0.360 e. The molecular formula is C16H17BrN4. The molecule has 2 heterocycles. The highest BCUT2D eigenvalue weighted by atomic mass is 79.9. The lowest BCUT2D eigenvalue weighted by Crippen LogP contribution is -2.20.